The SMILES string of the molecule is CC(C)COC(=O)O[C@H](C)[C@@H](C)OC(=O)[C@@H](N)Cc1ccc(O)c(O)c1.Cl. The fourth-order valence-electron chi connectivity index (χ4n) is 1.92. The molecule has 8 nitrogen and oxygen atoms in total. The fourth-order valence-corrected chi connectivity index (χ4v) is 1.92. The first-order valence-electron chi connectivity index (χ1n) is 8.40. The number of rotatable bonds is 8. The molecule has 9 heteroatoms. The zero-order valence-electron chi connectivity index (χ0n) is 15.9. The number of phenols is 2. The molecule has 0 aromatic heterocycles. The summed E-state index contributed by atoms with van der Waals surface area (Å²) < 4.78 is 15.2. The maximum atomic E-state index is 12.1. The number of carbonyl (C=O) groups excluding carboxylic acids is 2. The Hall–Kier alpha value is -2.19. The molecule has 1 rings (SSSR count). The van der Waals surface area contributed by atoms with Crippen LogP contribution >= 0.6 is 12.4 Å². The summed E-state index contributed by atoms with van der Waals surface area (Å²) in [4.78, 5) is 23.6. The topological polar surface area (TPSA) is 128 Å². The van der Waals surface area contributed by atoms with Crippen LogP contribution < -0.4 is 5.73 Å². The summed E-state index contributed by atoms with van der Waals surface area (Å²) in [5.41, 5.74) is 6.39. The van der Waals surface area contributed by atoms with Crippen molar-refractivity contribution in [2.24, 2.45) is 11.7 Å². The lowest BCUT2D eigenvalue weighted by atomic mass is 10.1. The minimum absolute atomic E-state index is 0. The van der Waals surface area contributed by atoms with Gasteiger partial charge in [-0.15, -0.1) is 12.4 Å². The first kappa shape index (κ1) is 24.8. The number of benzene rings is 1. The average Bonchev–Trinajstić information content (AvgIpc) is 2.56. The van der Waals surface area contributed by atoms with Crippen molar-refractivity contribution in [3.05, 3.63) is 23.8 Å². The van der Waals surface area contributed by atoms with Crippen LogP contribution in [0.5, 0.6) is 11.5 Å². The second kappa shape index (κ2) is 11.5. The summed E-state index contributed by atoms with van der Waals surface area (Å²) in [6.45, 7) is 7.20. The van der Waals surface area contributed by atoms with Crippen molar-refractivity contribution in [2.75, 3.05) is 6.61 Å². The van der Waals surface area contributed by atoms with Crippen LogP contribution in [0.1, 0.15) is 33.3 Å². The Morgan fingerprint density at radius 2 is 1.63 bits per heavy atom. The van der Waals surface area contributed by atoms with Crippen molar-refractivity contribution < 1.29 is 34.0 Å². The molecular formula is C18H28ClNO7. The molecule has 0 fully saturated rings. The zero-order chi connectivity index (χ0) is 19.9. The van der Waals surface area contributed by atoms with Gasteiger partial charge in [-0.25, -0.2) is 4.79 Å². The second-order valence-corrected chi connectivity index (χ2v) is 6.55. The van der Waals surface area contributed by atoms with E-state index in [0.717, 1.165) is 0 Å². The number of halogens is 1. The van der Waals surface area contributed by atoms with Gasteiger partial charge in [0.15, 0.2) is 11.5 Å². The largest absolute Gasteiger partial charge is 0.508 e. The molecule has 0 aliphatic carbocycles. The molecule has 0 saturated carbocycles. The highest BCUT2D eigenvalue weighted by Crippen LogP contribution is 2.25. The molecule has 0 bridgehead atoms. The summed E-state index contributed by atoms with van der Waals surface area (Å²) in [6.07, 6.45) is -2.12. The van der Waals surface area contributed by atoms with Gasteiger partial charge in [0.2, 0.25) is 0 Å². The molecule has 3 atom stereocenters. The number of phenolic OH excluding ortho intramolecular Hbond substituents is 2. The monoisotopic (exact) mass is 405 g/mol. The van der Waals surface area contributed by atoms with Crippen LogP contribution in [0.4, 0.5) is 4.79 Å². The van der Waals surface area contributed by atoms with E-state index in [9.17, 15) is 19.8 Å². The summed E-state index contributed by atoms with van der Waals surface area (Å²) in [5, 5.41) is 18.7. The predicted octanol–water partition coefficient (Wildman–Crippen LogP) is 2.52. The molecule has 27 heavy (non-hydrogen) atoms. The molecule has 1 aromatic rings. The van der Waals surface area contributed by atoms with Gasteiger partial charge in [0.05, 0.1) is 6.61 Å². The van der Waals surface area contributed by atoms with Crippen molar-refractivity contribution in [1.82, 2.24) is 0 Å². The van der Waals surface area contributed by atoms with Crippen LogP contribution in [0.15, 0.2) is 18.2 Å². The van der Waals surface area contributed by atoms with Gasteiger partial charge in [-0.1, -0.05) is 19.9 Å². The smallest absolute Gasteiger partial charge is 0.504 e. The van der Waals surface area contributed by atoms with Gasteiger partial charge >= 0.3 is 12.1 Å². The quantitative estimate of drug-likeness (QED) is 0.444. The number of esters is 1. The maximum Gasteiger partial charge on any atom is 0.508 e. The van der Waals surface area contributed by atoms with Crippen molar-refractivity contribution in [3.8, 4) is 11.5 Å². The van der Waals surface area contributed by atoms with Crippen LogP contribution in [-0.2, 0) is 25.4 Å². The van der Waals surface area contributed by atoms with Crippen molar-refractivity contribution in [1.29, 1.82) is 0 Å². The molecule has 4 N–H and O–H groups in total. The Morgan fingerprint density at radius 3 is 2.19 bits per heavy atom. The van der Waals surface area contributed by atoms with E-state index in [4.69, 9.17) is 19.9 Å². The Kier molecular flexibility index (Phi) is 10.6. The lowest BCUT2D eigenvalue weighted by Crippen LogP contribution is -2.39. The van der Waals surface area contributed by atoms with Gasteiger partial charge in [0, 0.05) is 0 Å². The minimum Gasteiger partial charge on any atom is -0.504 e. The van der Waals surface area contributed by atoms with Crippen LogP contribution in [0.3, 0.4) is 0 Å². The van der Waals surface area contributed by atoms with Crippen molar-refractivity contribution in [2.45, 2.75) is 52.4 Å². The fraction of sp³-hybridized carbons (Fsp3) is 0.556. The van der Waals surface area contributed by atoms with Crippen molar-refractivity contribution in [3.63, 3.8) is 0 Å². The lowest BCUT2D eigenvalue weighted by molar-refractivity contribution is -0.155. The Morgan fingerprint density at radius 1 is 1.04 bits per heavy atom. The van der Waals surface area contributed by atoms with Gasteiger partial charge in [-0.2, -0.15) is 0 Å². The molecule has 0 unspecified atom stereocenters. The highest BCUT2D eigenvalue weighted by Gasteiger charge is 2.25. The molecule has 0 aliphatic rings. The van der Waals surface area contributed by atoms with Crippen molar-refractivity contribution >= 4 is 24.5 Å². The standard InChI is InChI=1S/C18H27NO7.ClH/c1-10(2)9-24-18(23)26-12(4)11(3)25-17(22)14(19)7-13-5-6-15(20)16(21)8-13;/h5-6,8,10-12,14,20-21H,7,9,19H2,1-4H3;1H/t11-,12-,14+;/m1./s1. The van der Waals surface area contributed by atoms with E-state index in [1.807, 2.05) is 13.8 Å². The van der Waals surface area contributed by atoms with E-state index in [-0.39, 0.29) is 42.9 Å². The molecule has 0 radical (unpaired) electrons. The molecule has 154 valence electrons. The van der Waals surface area contributed by atoms with Gasteiger partial charge < -0.3 is 30.2 Å². The van der Waals surface area contributed by atoms with E-state index < -0.39 is 30.4 Å². The second-order valence-electron chi connectivity index (χ2n) is 6.55. The first-order chi connectivity index (χ1) is 12.1. The van der Waals surface area contributed by atoms with E-state index in [1.54, 1.807) is 19.9 Å². The molecule has 0 heterocycles. The van der Waals surface area contributed by atoms with E-state index in [1.165, 1.54) is 12.1 Å². The summed E-state index contributed by atoms with van der Waals surface area (Å²) in [7, 11) is 0. The summed E-state index contributed by atoms with van der Waals surface area (Å²) >= 11 is 0. The van der Waals surface area contributed by atoms with Gasteiger partial charge in [0.1, 0.15) is 18.2 Å². The van der Waals surface area contributed by atoms with Crippen LogP contribution in [0, 0.1) is 5.92 Å². The van der Waals surface area contributed by atoms with Gasteiger partial charge in [0.25, 0.3) is 0 Å². The van der Waals surface area contributed by atoms with E-state index >= 15 is 0 Å². The zero-order valence-corrected chi connectivity index (χ0v) is 16.7. The average molecular weight is 406 g/mol. The molecule has 0 aliphatic heterocycles. The third kappa shape index (κ3) is 8.83. The third-order valence-electron chi connectivity index (χ3n) is 3.58. The first-order valence-corrected chi connectivity index (χ1v) is 8.40. The predicted molar refractivity (Wildman–Crippen MR) is 101 cm³/mol. The van der Waals surface area contributed by atoms with Gasteiger partial charge in [-0.3, -0.25) is 4.79 Å². The summed E-state index contributed by atoms with van der Waals surface area (Å²) in [5.74, 6) is -1.03. The summed E-state index contributed by atoms with van der Waals surface area (Å²) in [6, 6.07) is 3.20. The number of hydrogen-bond acceptors (Lipinski definition) is 8. The molecular weight excluding hydrogens is 378 g/mol. The lowest BCUT2D eigenvalue weighted by Gasteiger charge is -2.22. The van der Waals surface area contributed by atoms with E-state index in [0.29, 0.717) is 5.56 Å². The number of aromatic hydroxyl groups is 2. The van der Waals surface area contributed by atoms with E-state index in [2.05, 4.69) is 0 Å². The minimum atomic E-state index is -0.971. The Labute approximate surface area is 165 Å². The number of ether oxygens (including phenoxy) is 3. The highest BCUT2D eigenvalue weighted by atomic mass is 35.5. The van der Waals surface area contributed by atoms with Crippen LogP contribution in [0.2, 0.25) is 0 Å². The Bertz CT molecular complexity index is 624. The molecule has 0 saturated heterocycles. The van der Waals surface area contributed by atoms with Gasteiger partial charge in [-0.05, 0) is 43.9 Å². The highest BCUT2D eigenvalue weighted by molar-refractivity contribution is 5.85. The number of carbonyl (C=O) groups is 2. The molecule has 0 amide bonds. The molecule has 1 aromatic carbocycles. The number of nitrogens with two attached hydrogens (primary N) is 1. The molecule has 0 spiro atoms. The number of hydrogen-bond donors (Lipinski definition) is 3. The Balaban J connectivity index is 0.00000676. The third-order valence-corrected chi connectivity index (χ3v) is 3.58. The normalized spacial score (nSPS) is 13.9. The maximum absolute atomic E-state index is 12.1. The van der Waals surface area contributed by atoms with Crippen LogP contribution in [0.25, 0.3) is 0 Å². The van der Waals surface area contributed by atoms with Crippen LogP contribution in [-0.4, -0.2) is 47.2 Å².